The van der Waals surface area contributed by atoms with Gasteiger partial charge in [0, 0.05) is 11.1 Å². The van der Waals surface area contributed by atoms with Crippen LogP contribution < -0.4 is 5.32 Å². The number of carbonyl (C=O) groups excluding carboxylic acids is 2. The number of hydrogen-bond acceptors (Lipinski definition) is 6. The fraction of sp³-hybridized carbons (Fsp3) is 0.0909. The van der Waals surface area contributed by atoms with E-state index >= 15 is 0 Å². The Kier molecular flexibility index (Phi) is 7.44. The van der Waals surface area contributed by atoms with Crippen molar-refractivity contribution in [1.29, 1.82) is 0 Å². The average molecular weight is 494 g/mol. The highest BCUT2D eigenvalue weighted by Gasteiger charge is 2.18. The molecule has 1 amide bonds. The lowest BCUT2D eigenvalue weighted by Crippen LogP contribution is -2.21. The topological polar surface area (TPSA) is 89.5 Å². The van der Waals surface area contributed by atoms with Crippen molar-refractivity contribution in [3.05, 3.63) is 81.3 Å². The Hall–Kier alpha value is -3.01. The van der Waals surface area contributed by atoms with Crippen LogP contribution in [-0.4, -0.2) is 33.2 Å². The van der Waals surface area contributed by atoms with Crippen molar-refractivity contribution in [3.63, 3.8) is 0 Å². The lowest BCUT2D eigenvalue weighted by Gasteiger charge is -2.10. The first-order valence-corrected chi connectivity index (χ1v) is 12.3. The van der Waals surface area contributed by atoms with Crippen LogP contribution in [0.5, 0.6) is 0 Å². The molecule has 3 aromatic rings. The Morgan fingerprint density at radius 3 is 2.50 bits per heavy atom. The molecule has 0 saturated heterocycles. The maximum Gasteiger partial charge on any atom is 0.340 e. The van der Waals surface area contributed by atoms with Gasteiger partial charge in [0.25, 0.3) is 5.91 Å². The third kappa shape index (κ3) is 6.25. The molecule has 10 heteroatoms. The molecule has 0 aliphatic carbocycles. The molecule has 0 aliphatic rings. The number of ether oxygens (including phenoxy) is 1. The number of thiophene rings is 1. The smallest absolute Gasteiger partial charge is 0.340 e. The summed E-state index contributed by atoms with van der Waals surface area (Å²) in [6, 6.07) is 12.9. The van der Waals surface area contributed by atoms with E-state index in [0.717, 1.165) is 6.26 Å². The molecule has 0 bridgehead atoms. The number of esters is 1. The number of amides is 1. The standard InChI is InChI=1S/C22H17ClFNO5S2/c1-32(28,29)16-8-9-18(23)19(12-16)25-21(26)13-30-22(27)17(20-3-2-10-31-20)11-14-4-6-15(24)7-5-14/h2-12H,13H2,1H3,(H,25,26)/b17-11+. The largest absolute Gasteiger partial charge is 0.452 e. The van der Waals surface area contributed by atoms with Crippen LogP contribution in [0.15, 0.2) is 64.9 Å². The van der Waals surface area contributed by atoms with E-state index in [1.165, 1.54) is 59.9 Å². The van der Waals surface area contributed by atoms with Crippen LogP contribution in [0.1, 0.15) is 10.4 Å². The summed E-state index contributed by atoms with van der Waals surface area (Å²) < 4.78 is 41.7. The van der Waals surface area contributed by atoms with Crippen LogP contribution in [-0.2, 0) is 24.2 Å². The number of hydrogen-bond donors (Lipinski definition) is 1. The Balaban J connectivity index is 1.73. The fourth-order valence-corrected chi connectivity index (χ4v) is 4.16. The van der Waals surface area contributed by atoms with Crippen molar-refractivity contribution >= 4 is 62.0 Å². The minimum absolute atomic E-state index is 0.0172. The quantitative estimate of drug-likeness (QED) is 0.381. The summed E-state index contributed by atoms with van der Waals surface area (Å²) in [7, 11) is -3.50. The van der Waals surface area contributed by atoms with Crippen LogP contribution in [0.4, 0.5) is 10.1 Å². The number of carbonyl (C=O) groups is 2. The minimum Gasteiger partial charge on any atom is -0.452 e. The van der Waals surface area contributed by atoms with Gasteiger partial charge in [-0.3, -0.25) is 4.79 Å². The molecule has 1 N–H and O–H groups in total. The van der Waals surface area contributed by atoms with Crippen LogP contribution in [0.3, 0.4) is 0 Å². The van der Waals surface area contributed by atoms with E-state index in [-0.39, 0.29) is 21.2 Å². The third-order valence-corrected chi connectivity index (χ3v) is 6.50. The van der Waals surface area contributed by atoms with Crippen LogP contribution >= 0.6 is 22.9 Å². The first-order valence-electron chi connectivity index (χ1n) is 9.11. The number of rotatable bonds is 7. The summed E-state index contributed by atoms with van der Waals surface area (Å²) in [6.45, 7) is -0.621. The van der Waals surface area contributed by atoms with Gasteiger partial charge in [-0.05, 0) is 53.4 Å². The minimum atomic E-state index is -3.50. The SMILES string of the molecule is CS(=O)(=O)c1ccc(Cl)c(NC(=O)COC(=O)/C(=C/c2ccc(F)cc2)c2cccs2)c1. The highest BCUT2D eigenvalue weighted by Crippen LogP contribution is 2.26. The molecule has 0 aliphatic heterocycles. The molecule has 0 saturated carbocycles. The number of anilines is 1. The van der Waals surface area contributed by atoms with E-state index in [0.29, 0.717) is 10.4 Å². The molecule has 6 nitrogen and oxygen atoms in total. The summed E-state index contributed by atoms with van der Waals surface area (Å²) in [5.41, 5.74) is 0.869. The monoisotopic (exact) mass is 493 g/mol. The predicted molar refractivity (Wildman–Crippen MR) is 123 cm³/mol. The predicted octanol–water partition coefficient (Wildman–Crippen LogP) is 4.67. The molecule has 166 valence electrons. The average Bonchev–Trinajstić information content (AvgIpc) is 3.27. The first kappa shape index (κ1) is 23.6. The van der Waals surface area contributed by atoms with Gasteiger partial charge in [0.05, 0.1) is 21.2 Å². The Morgan fingerprint density at radius 2 is 1.88 bits per heavy atom. The van der Waals surface area contributed by atoms with Crippen molar-refractivity contribution in [2.45, 2.75) is 4.90 Å². The Bertz CT molecular complexity index is 1270. The van der Waals surface area contributed by atoms with E-state index in [2.05, 4.69) is 5.32 Å². The summed E-state index contributed by atoms with van der Waals surface area (Å²) in [6.07, 6.45) is 2.57. The van der Waals surface area contributed by atoms with E-state index in [9.17, 15) is 22.4 Å². The van der Waals surface area contributed by atoms with Gasteiger partial charge in [-0.1, -0.05) is 29.8 Å². The van der Waals surface area contributed by atoms with Gasteiger partial charge in [0.2, 0.25) is 0 Å². The zero-order valence-corrected chi connectivity index (χ0v) is 19.1. The van der Waals surface area contributed by atoms with Crippen molar-refractivity contribution in [2.24, 2.45) is 0 Å². The van der Waals surface area contributed by atoms with Gasteiger partial charge >= 0.3 is 5.97 Å². The maximum atomic E-state index is 13.2. The van der Waals surface area contributed by atoms with Crippen molar-refractivity contribution < 1.29 is 27.1 Å². The highest BCUT2D eigenvalue weighted by molar-refractivity contribution is 7.90. The zero-order valence-electron chi connectivity index (χ0n) is 16.7. The molecule has 1 heterocycles. The van der Waals surface area contributed by atoms with Crippen LogP contribution in [0.2, 0.25) is 5.02 Å². The molecule has 0 unspecified atom stereocenters. The Labute approximate surface area is 193 Å². The molecule has 0 atom stereocenters. The fourth-order valence-electron chi connectivity index (χ4n) is 2.61. The lowest BCUT2D eigenvalue weighted by molar-refractivity contribution is -0.141. The van der Waals surface area contributed by atoms with Gasteiger partial charge in [-0.2, -0.15) is 0 Å². The number of benzene rings is 2. The van der Waals surface area contributed by atoms with Crippen LogP contribution in [0, 0.1) is 5.82 Å². The van der Waals surface area contributed by atoms with Gasteiger partial charge in [0.1, 0.15) is 5.82 Å². The molecular weight excluding hydrogens is 477 g/mol. The number of halogens is 2. The second kappa shape index (κ2) is 10.1. The second-order valence-corrected chi connectivity index (χ2v) is 10.00. The summed E-state index contributed by atoms with van der Waals surface area (Å²) in [5, 5.41) is 4.35. The second-order valence-electron chi connectivity index (χ2n) is 6.62. The molecule has 0 fully saturated rings. The molecule has 1 aromatic heterocycles. The van der Waals surface area contributed by atoms with E-state index in [1.54, 1.807) is 17.5 Å². The van der Waals surface area contributed by atoms with E-state index in [4.69, 9.17) is 16.3 Å². The van der Waals surface area contributed by atoms with Crippen molar-refractivity contribution in [1.82, 2.24) is 0 Å². The molecule has 2 aromatic carbocycles. The molecule has 0 radical (unpaired) electrons. The molecule has 32 heavy (non-hydrogen) atoms. The first-order chi connectivity index (χ1) is 15.1. The molecular formula is C22H17ClFNO5S2. The highest BCUT2D eigenvalue weighted by atomic mass is 35.5. The number of nitrogens with one attached hydrogen (secondary N) is 1. The maximum absolute atomic E-state index is 13.2. The normalized spacial score (nSPS) is 11.8. The van der Waals surface area contributed by atoms with Gasteiger partial charge in [-0.15, -0.1) is 11.3 Å². The molecule has 0 spiro atoms. The summed E-state index contributed by atoms with van der Waals surface area (Å²) >= 11 is 7.33. The van der Waals surface area contributed by atoms with E-state index in [1.807, 2.05) is 0 Å². The zero-order chi connectivity index (χ0) is 23.3. The molecule has 3 rings (SSSR count). The number of sulfone groups is 1. The summed E-state index contributed by atoms with van der Waals surface area (Å²) in [5.74, 6) is -1.85. The van der Waals surface area contributed by atoms with Crippen LogP contribution in [0.25, 0.3) is 11.6 Å². The summed E-state index contributed by atoms with van der Waals surface area (Å²) in [4.78, 5) is 25.6. The van der Waals surface area contributed by atoms with Gasteiger partial charge in [0.15, 0.2) is 16.4 Å². The third-order valence-electron chi connectivity index (χ3n) is 4.16. The van der Waals surface area contributed by atoms with E-state index < -0.39 is 34.1 Å². The van der Waals surface area contributed by atoms with Crippen molar-refractivity contribution in [2.75, 3.05) is 18.2 Å². The Morgan fingerprint density at radius 1 is 1.16 bits per heavy atom. The van der Waals surface area contributed by atoms with Gasteiger partial charge < -0.3 is 10.1 Å². The lowest BCUT2D eigenvalue weighted by atomic mass is 10.1. The van der Waals surface area contributed by atoms with Gasteiger partial charge in [-0.25, -0.2) is 17.6 Å². The van der Waals surface area contributed by atoms with Crippen molar-refractivity contribution in [3.8, 4) is 0 Å².